The lowest BCUT2D eigenvalue weighted by Gasteiger charge is -2.56. The normalized spacial score (nSPS) is 29.6. The van der Waals surface area contributed by atoms with Gasteiger partial charge in [-0.2, -0.15) is 0 Å². The van der Waals surface area contributed by atoms with Crippen molar-refractivity contribution in [2.75, 3.05) is 13.1 Å². The lowest BCUT2D eigenvalue weighted by atomic mass is 9.72. The van der Waals surface area contributed by atoms with Crippen molar-refractivity contribution in [1.29, 1.82) is 0 Å². The van der Waals surface area contributed by atoms with Crippen molar-refractivity contribution in [2.45, 2.75) is 38.3 Å². The van der Waals surface area contributed by atoms with Crippen LogP contribution in [-0.4, -0.2) is 40.6 Å². The van der Waals surface area contributed by atoms with Crippen molar-refractivity contribution < 1.29 is 9.32 Å². The molecule has 0 spiro atoms. The second kappa shape index (κ2) is 4.81. The summed E-state index contributed by atoms with van der Waals surface area (Å²) in [5, 5.41) is 7.90. The SMILES string of the molecule is CC1(C)[C@@H](NC(=O)c2ccc3oncc3c2)C2CCN1CC2. The van der Waals surface area contributed by atoms with Gasteiger partial charge in [0.15, 0.2) is 5.58 Å². The Labute approximate surface area is 129 Å². The first-order chi connectivity index (χ1) is 10.6. The van der Waals surface area contributed by atoms with Crippen LogP contribution >= 0.6 is 0 Å². The number of nitrogens with zero attached hydrogens (tertiary/aromatic N) is 2. The van der Waals surface area contributed by atoms with Crippen LogP contribution in [0.3, 0.4) is 0 Å². The molecular weight excluding hydrogens is 278 g/mol. The summed E-state index contributed by atoms with van der Waals surface area (Å²) in [7, 11) is 0. The fraction of sp³-hybridized carbons (Fsp3) is 0.529. The number of carbonyl (C=O) groups is 1. The first-order valence-electron chi connectivity index (χ1n) is 7.96. The largest absolute Gasteiger partial charge is 0.356 e. The second-order valence-corrected chi connectivity index (χ2v) is 7.01. The van der Waals surface area contributed by atoms with Gasteiger partial charge in [0, 0.05) is 22.5 Å². The van der Waals surface area contributed by atoms with Crippen molar-refractivity contribution in [3.8, 4) is 0 Å². The van der Waals surface area contributed by atoms with Gasteiger partial charge in [0.2, 0.25) is 0 Å². The van der Waals surface area contributed by atoms with E-state index in [1.54, 1.807) is 18.3 Å². The van der Waals surface area contributed by atoms with E-state index in [-0.39, 0.29) is 17.5 Å². The monoisotopic (exact) mass is 299 g/mol. The molecule has 1 N–H and O–H groups in total. The molecule has 0 aliphatic carbocycles. The van der Waals surface area contributed by atoms with Gasteiger partial charge < -0.3 is 9.84 Å². The molecule has 3 aliphatic rings. The Morgan fingerprint density at radius 1 is 1.36 bits per heavy atom. The van der Waals surface area contributed by atoms with Gasteiger partial charge in [-0.3, -0.25) is 9.69 Å². The summed E-state index contributed by atoms with van der Waals surface area (Å²) < 4.78 is 5.09. The van der Waals surface area contributed by atoms with Crippen LogP contribution in [0.2, 0.25) is 0 Å². The van der Waals surface area contributed by atoms with Gasteiger partial charge in [0.25, 0.3) is 5.91 Å². The standard InChI is InChI=1S/C17H21N3O2/c1-17(2)15(11-5-7-20(17)8-6-11)19-16(21)12-3-4-14-13(9-12)10-18-22-14/h3-4,9-11,15H,5-8H2,1-2H3,(H,19,21)/t15-/m0/s1. The van der Waals surface area contributed by atoms with E-state index in [9.17, 15) is 4.79 Å². The van der Waals surface area contributed by atoms with Crippen LogP contribution in [-0.2, 0) is 0 Å². The van der Waals surface area contributed by atoms with E-state index in [0.29, 0.717) is 17.1 Å². The molecule has 3 fully saturated rings. The Kier molecular flexibility index (Phi) is 3.01. The summed E-state index contributed by atoms with van der Waals surface area (Å²) in [6.07, 6.45) is 4.00. The third-order valence-electron chi connectivity index (χ3n) is 5.49. The fourth-order valence-corrected chi connectivity index (χ4v) is 4.12. The van der Waals surface area contributed by atoms with E-state index < -0.39 is 0 Å². The van der Waals surface area contributed by atoms with Gasteiger partial charge in [-0.25, -0.2) is 0 Å². The minimum atomic E-state index is -0.00470. The van der Waals surface area contributed by atoms with E-state index in [2.05, 4.69) is 29.2 Å². The molecule has 0 unspecified atom stereocenters. The highest BCUT2D eigenvalue weighted by Gasteiger charge is 2.48. The van der Waals surface area contributed by atoms with Crippen molar-refractivity contribution in [3.63, 3.8) is 0 Å². The molecule has 1 aromatic heterocycles. The maximum atomic E-state index is 12.7. The number of benzene rings is 1. The average Bonchev–Trinajstić information content (AvgIpc) is 2.98. The van der Waals surface area contributed by atoms with Crippen molar-refractivity contribution in [1.82, 2.24) is 15.4 Å². The van der Waals surface area contributed by atoms with Gasteiger partial charge in [0.05, 0.1) is 6.20 Å². The summed E-state index contributed by atoms with van der Waals surface area (Å²) in [5.74, 6) is 0.582. The molecule has 116 valence electrons. The highest BCUT2D eigenvalue weighted by atomic mass is 16.5. The van der Waals surface area contributed by atoms with Gasteiger partial charge in [-0.05, 0) is 63.9 Å². The number of amides is 1. The molecule has 0 saturated carbocycles. The molecule has 22 heavy (non-hydrogen) atoms. The molecule has 1 atom stereocenters. The summed E-state index contributed by atoms with van der Waals surface area (Å²) in [6, 6.07) is 5.66. The van der Waals surface area contributed by atoms with Crippen LogP contribution in [0.25, 0.3) is 11.0 Å². The minimum Gasteiger partial charge on any atom is -0.356 e. The van der Waals surface area contributed by atoms with Gasteiger partial charge in [-0.1, -0.05) is 5.16 Å². The zero-order valence-corrected chi connectivity index (χ0v) is 13.0. The van der Waals surface area contributed by atoms with Crippen molar-refractivity contribution in [2.24, 2.45) is 5.92 Å². The number of fused-ring (bicyclic) bond motifs is 4. The predicted molar refractivity (Wildman–Crippen MR) is 83.6 cm³/mol. The molecule has 3 saturated heterocycles. The van der Waals surface area contributed by atoms with Crippen LogP contribution in [0.4, 0.5) is 0 Å². The molecule has 1 aromatic carbocycles. The first kappa shape index (κ1) is 13.8. The summed E-state index contributed by atoms with van der Waals surface area (Å²) in [5.41, 5.74) is 1.40. The number of aromatic nitrogens is 1. The van der Waals surface area contributed by atoms with Crippen molar-refractivity contribution in [3.05, 3.63) is 30.0 Å². The average molecular weight is 299 g/mol. The van der Waals surface area contributed by atoms with Gasteiger partial charge in [0.1, 0.15) is 0 Å². The summed E-state index contributed by atoms with van der Waals surface area (Å²) in [4.78, 5) is 15.2. The van der Waals surface area contributed by atoms with Gasteiger partial charge >= 0.3 is 0 Å². The van der Waals surface area contributed by atoms with E-state index in [1.807, 2.05) is 6.07 Å². The Hall–Kier alpha value is -1.88. The Morgan fingerprint density at radius 2 is 2.14 bits per heavy atom. The van der Waals surface area contributed by atoms with Crippen molar-refractivity contribution >= 4 is 16.9 Å². The van der Waals surface area contributed by atoms with E-state index in [4.69, 9.17) is 4.52 Å². The highest BCUT2D eigenvalue weighted by molar-refractivity contribution is 5.97. The van der Waals surface area contributed by atoms with Gasteiger partial charge in [-0.15, -0.1) is 0 Å². The third-order valence-corrected chi connectivity index (χ3v) is 5.49. The predicted octanol–water partition coefficient (Wildman–Crippen LogP) is 2.43. The molecule has 2 bridgehead atoms. The number of hydrogen-bond donors (Lipinski definition) is 1. The van der Waals surface area contributed by atoms with Crippen LogP contribution in [0.15, 0.2) is 28.9 Å². The topological polar surface area (TPSA) is 58.4 Å². The van der Waals surface area contributed by atoms with Crippen LogP contribution in [0.1, 0.15) is 37.0 Å². The summed E-state index contributed by atoms with van der Waals surface area (Å²) in [6.45, 7) is 6.78. The first-order valence-corrected chi connectivity index (χ1v) is 7.96. The zero-order chi connectivity index (χ0) is 15.3. The molecule has 4 heterocycles. The minimum absolute atomic E-state index is 0.00470. The third kappa shape index (κ3) is 2.03. The maximum absolute atomic E-state index is 12.7. The lowest BCUT2D eigenvalue weighted by molar-refractivity contribution is -0.0378. The number of nitrogens with one attached hydrogen (secondary N) is 1. The molecule has 0 radical (unpaired) electrons. The lowest BCUT2D eigenvalue weighted by Crippen LogP contribution is -2.69. The van der Waals surface area contributed by atoms with Crippen LogP contribution < -0.4 is 5.32 Å². The second-order valence-electron chi connectivity index (χ2n) is 7.01. The Bertz CT molecular complexity index is 714. The summed E-state index contributed by atoms with van der Waals surface area (Å²) >= 11 is 0. The number of rotatable bonds is 2. The molecule has 3 aliphatic heterocycles. The Morgan fingerprint density at radius 3 is 2.86 bits per heavy atom. The number of hydrogen-bond acceptors (Lipinski definition) is 4. The molecular formula is C17H21N3O2. The highest BCUT2D eigenvalue weighted by Crippen LogP contribution is 2.39. The fourth-order valence-electron chi connectivity index (χ4n) is 4.12. The zero-order valence-electron chi connectivity index (χ0n) is 13.0. The number of piperidine rings is 3. The molecule has 5 heteroatoms. The molecule has 5 nitrogen and oxygen atoms in total. The molecule has 5 rings (SSSR count). The quantitative estimate of drug-likeness (QED) is 0.925. The Balaban J connectivity index is 1.58. The smallest absolute Gasteiger partial charge is 0.251 e. The van der Waals surface area contributed by atoms with Crippen LogP contribution in [0, 0.1) is 5.92 Å². The molecule has 2 aromatic rings. The van der Waals surface area contributed by atoms with E-state index in [0.717, 1.165) is 18.5 Å². The number of carbonyl (C=O) groups excluding carboxylic acids is 1. The molecule has 1 amide bonds. The van der Waals surface area contributed by atoms with E-state index in [1.165, 1.54) is 12.8 Å². The van der Waals surface area contributed by atoms with E-state index >= 15 is 0 Å². The maximum Gasteiger partial charge on any atom is 0.251 e. The van der Waals surface area contributed by atoms with Crippen LogP contribution in [0.5, 0.6) is 0 Å².